The minimum absolute atomic E-state index is 0.458. The molecule has 0 radical (unpaired) electrons. The zero-order valence-electron chi connectivity index (χ0n) is 7.07. The number of fused-ring (bicyclic) bond motifs is 1. The van der Waals surface area contributed by atoms with Crippen LogP contribution in [0.5, 0.6) is 0 Å². The molecule has 0 spiro atoms. The van der Waals surface area contributed by atoms with Crippen LogP contribution < -0.4 is 11.2 Å². The molecule has 2 rings (SSSR count). The van der Waals surface area contributed by atoms with E-state index >= 15 is 0 Å². The van der Waals surface area contributed by atoms with Gasteiger partial charge in [0.25, 0.3) is 0 Å². The fourth-order valence-corrected chi connectivity index (χ4v) is 2.71. The average molecular weight is 272 g/mol. The summed E-state index contributed by atoms with van der Waals surface area (Å²) in [5.74, 6) is 0. The predicted molar refractivity (Wildman–Crippen MR) is 63.8 cm³/mol. The Morgan fingerprint density at radius 3 is 2.71 bits per heavy atom. The van der Waals surface area contributed by atoms with E-state index in [1.807, 2.05) is 5.38 Å². The lowest BCUT2D eigenvalue weighted by Gasteiger charge is -2.03. The second-order valence-corrected chi connectivity index (χ2v) is 4.70. The fraction of sp³-hybridized carbons (Fsp3) is 0. The summed E-state index contributed by atoms with van der Waals surface area (Å²) in [6.07, 6.45) is 0. The summed E-state index contributed by atoms with van der Waals surface area (Å²) < 4.78 is 1.61. The van der Waals surface area contributed by atoms with Crippen molar-refractivity contribution in [3.8, 4) is 0 Å². The highest BCUT2D eigenvalue weighted by Gasteiger charge is 2.16. The maximum absolute atomic E-state index is 9.07. The molecule has 6 heteroatoms. The van der Waals surface area contributed by atoms with Gasteiger partial charge < -0.3 is 15.8 Å². The molecule has 2 aromatic rings. The first-order valence-electron chi connectivity index (χ1n) is 3.92. The molecule has 1 heterocycles. The number of halogens is 1. The lowest BCUT2D eigenvalue weighted by atomic mass is 9.80. The average Bonchev–Trinajstić information content (AvgIpc) is 2.46. The van der Waals surface area contributed by atoms with Crippen molar-refractivity contribution in [1.82, 2.24) is 0 Å². The molecule has 0 atom stereocenters. The van der Waals surface area contributed by atoms with E-state index in [0.29, 0.717) is 15.6 Å². The number of benzene rings is 1. The molecular weight excluding hydrogens is 265 g/mol. The van der Waals surface area contributed by atoms with E-state index in [1.165, 1.54) is 11.3 Å². The Kier molecular flexibility index (Phi) is 2.53. The molecular formula is C8H7BBrNO2S. The van der Waals surface area contributed by atoms with Crippen LogP contribution in [0.4, 0.5) is 5.69 Å². The van der Waals surface area contributed by atoms with Gasteiger partial charge in [-0.1, -0.05) is 15.9 Å². The molecule has 0 amide bonds. The van der Waals surface area contributed by atoms with Crippen LogP contribution in [0, 0.1) is 0 Å². The predicted octanol–water partition coefficient (Wildman–Crippen LogP) is 0.926. The van der Waals surface area contributed by atoms with Crippen LogP contribution in [-0.4, -0.2) is 17.2 Å². The minimum atomic E-state index is -1.46. The zero-order chi connectivity index (χ0) is 10.3. The zero-order valence-corrected chi connectivity index (χ0v) is 9.47. The maximum Gasteiger partial charge on any atom is 0.489 e. The number of rotatable bonds is 1. The van der Waals surface area contributed by atoms with Gasteiger partial charge in [0.2, 0.25) is 0 Å². The van der Waals surface area contributed by atoms with Gasteiger partial charge in [-0.3, -0.25) is 0 Å². The van der Waals surface area contributed by atoms with E-state index in [0.717, 1.165) is 10.1 Å². The number of anilines is 1. The summed E-state index contributed by atoms with van der Waals surface area (Å²) in [7, 11) is -1.46. The second-order valence-electron chi connectivity index (χ2n) is 2.93. The van der Waals surface area contributed by atoms with Crippen molar-refractivity contribution in [1.29, 1.82) is 0 Å². The molecule has 0 saturated heterocycles. The van der Waals surface area contributed by atoms with Crippen molar-refractivity contribution >= 4 is 55.6 Å². The lowest BCUT2D eigenvalue weighted by molar-refractivity contribution is 0.425. The van der Waals surface area contributed by atoms with Crippen molar-refractivity contribution in [3.05, 3.63) is 22.0 Å². The highest BCUT2D eigenvalue weighted by Crippen LogP contribution is 2.29. The normalized spacial score (nSPS) is 10.8. The van der Waals surface area contributed by atoms with Gasteiger partial charge in [-0.25, -0.2) is 0 Å². The molecule has 4 N–H and O–H groups in total. The lowest BCUT2D eigenvalue weighted by Crippen LogP contribution is -2.30. The number of nitrogens with two attached hydrogens (primary N) is 1. The third kappa shape index (κ3) is 1.54. The third-order valence-electron chi connectivity index (χ3n) is 2.00. The summed E-state index contributed by atoms with van der Waals surface area (Å²) in [5, 5.41) is 20.9. The Labute approximate surface area is 93.4 Å². The van der Waals surface area contributed by atoms with Gasteiger partial charge in [-0.15, -0.1) is 11.3 Å². The Morgan fingerprint density at radius 2 is 2.07 bits per heavy atom. The van der Waals surface area contributed by atoms with E-state index in [9.17, 15) is 0 Å². The first-order valence-corrected chi connectivity index (χ1v) is 5.59. The van der Waals surface area contributed by atoms with Crippen LogP contribution in [0.2, 0.25) is 0 Å². The van der Waals surface area contributed by atoms with Gasteiger partial charge in [0, 0.05) is 19.9 Å². The molecule has 1 aromatic carbocycles. The first kappa shape index (κ1) is 9.98. The van der Waals surface area contributed by atoms with Crippen LogP contribution in [0.15, 0.2) is 22.0 Å². The monoisotopic (exact) mass is 271 g/mol. The molecule has 0 unspecified atom stereocenters. The Bertz CT molecular complexity index is 485. The molecule has 1 aromatic heterocycles. The molecule has 0 aliphatic carbocycles. The number of hydrogen-bond donors (Lipinski definition) is 3. The maximum atomic E-state index is 9.07. The summed E-state index contributed by atoms with van der Waals surface area (Å²) in [6, 6.07) is 3.53. The Morgan fingerprint density at radius 1 is 1.36 bits per heavy atom. The van der Waals surface area contributed by atoms with E-state index in [-0.39, 0.29) is 0 Å². The molecule has 3 nitrogen and oxygen atoms in total. The van der Waals surface area contributed by atoms with E-state index in [2.05, 4.69) is 15.9 Å². The smallest absolute Gasteiger partial charge is 0.423 e. The Hall–Kier alpha value is -0.555. The molecule has 72 valence electrons. The van der Waals surface area contributed by atoms with E-state index in [1.54, 1.807) is 12.1 Å². The quantitative estimate of drug-likeness (QED) is 0.676. The third-order valence-corrected chi connectivity index (χ3v) is 3.65. The highest BCUT2D eigenvalue weighted by atomic mass is 79.9. The van der Waals surface area contributed by atoms with Crippen LogP contribution in [0.1, 0.15) is 0 Å². The van der Waals surface area contributed by atoms with Gasteiger partial charge in [0.15, 0.2) is 0 Å². The van der Waals surface area contributed by atoms with Crippen LogP contribution >= 0.6 is 27.3 Å². The molecule has 0 fully saturated rings. The van der Waals surface area contributed by atoms with Gasteiger partial charge >= 0.3 is 7.12 Å². The molecule has 0 aliphatic rings. The summed E-state index contributed by atoms with van der Waals surface area (Å²) >= 11 is 4.75. The van der Waals surface area contributed by atoms with Gasteiger partial charge in [-0.05, 0) is 17.6 Å². The van der Waals surface area contributed by atoms with Crippen molar-refractivity contribution in [2.75, 3.05) is 5.73 Å². The van der Waals surface area contributed by atoms with Crippen LogP contribution in [0.3, 0.4) is 0 Å². The van der Waals surface area contributed by atoms with Gasteiger partial charge in [0.05, 0.1) is 5.69 Å². The fourth-order valence-electron chi connectivity index (χ4n) is 1.28. The van der Waals surface area contributed by atoms with Crippen LogP contribution in [0.25, 0.3) is 10.1 Å². The van der Waals surface area contributed by atoms with Gasteiger partial charge in [0.1, 0.15) is 0 Å². The summed E-state index contributed by atoms with van der Waals surface area (Å²) in [4.78, 5) is 0. The second kappa shape index (κ2) is 3.54. The molecule has 0 bridgehead atoms. The van der Waals surface area contributed by atoms with Crippen molar-refractivity contribution in [2.45, 2.75) is 0 Å². The van der Waals surface area contributed by atoms with Gasteiger partial charge in [-0.2, -0.15) is 0 Å². The molecule has 0 saturated carbocycles. The standard InChI is InChI=1S/C8H7BBrNO2S/c10-6-1-4-7(11)3-14-8(4)2-5(6)9(12)13/h1-3,12-13H,11H2. The number of hydrogen-bond acceptors (Lipinski definition) is 4. The van der Waals surface area contributed by atoms with Crippen LogP contribution in [-0.2, 0) is 0 Å². The summed E-state index contributed by atoms with van der Waals surface area (Å²) in [5.41, 5.74) is 6.91. The van der Waals surface area contributed by atoms with Crippen molar-refractivity contribution < 1.29 is 10.0 Å². The van der Waals surface area contributed by atoms with Crippen molar-refractivity contribution in [2.24, 2.45) is 0 Å². The highest BCUT2D eigenvalue weighted by molar-refractivity contribution is 9.10. The number of nitrogen functional groups attached to an aromatic ring is 1. The molecule has 14 heavy (non-hydrogen) atoms. The first-order chi connectivity index (χ1) is 6.59. The minimum Gasteiger partial charge on any atom is -0.423 e. The number of thiophene rings is 1. The molecule has 0 aliphatic heterocycles. The van der Waals surface area contributed by atoms with E-state index in [4.69, 9.17) is 15.8 Å². The Balaban J connectivity index is 2.72. The van der Waals surface area contributed by atoms with Crippen molar-refractivity contribution in [3.63, 3.8) is 0 Å². The SMILES string of the molecule is Nc1csc2cc(B(O)O)c(Br)cc12. The summed E-state index contributed by atoms with van der Waals surface area (Å²) in [6.45, 7) is 0. The van der Waals surface area contributed by atoms with E-state index < -0.39 is 7.12 Å². The largest absolute Gasteiger partial charge is 0.489 e. The topological polar surface area (TPSA) is 66.5 Å².